The fourth-order valence-electron chi connectivity index (χ4n) is 1.40. The number of hydrogen-bond acceptors (Lipinski definition) is 4. The first-order valence-electron chi connectivity index (χ1n) is 5.03. The molecule has 16 heavy (non-hydrogen) atoms. The minimum Gasteiger partial charge on any atom is -0.483 e. The summed E-state index contributed by atoms with van der Waals surface area (Å²) in [6.45, 7) is 4.70. The fraction of sp³-hybridized carbons (Fsp3) is 0.455. The quantitative estimate of drug-likeness (QED) is 0.445. The molecule has 0 bridgehead atoms. The fourth-order valence-corrected chi connectivity index (χ4v) is 1.40. The normalized spacial score (nSPS) is 22.9. The van der Waals surface area contributed by atoms with Gasteiger partial charge in [-0.2, -0.15) is 0 Å². The lowest BCUT2D eigenvalue weighted by atomic mass is 10.2. The molecule has 0 saturated carbocycles. The van der Waals surface area contributed by atoms with Crippen LogP contribution in [0.25, 0.3) is 0 Å². The Balaban J connectivity index is 2.20. The number of benzene rings is 1. The van der Waals surface area contributed by atoms with Crippen LogP contribution in [0.3, 0.4) is 0 Å². The molecule has 0 radical (unpaired) electrons. The largest absolute Gasteiger partial charge is 0.483 e. The van der Waals surface area contributed by atoms with Crippen LogP contribution in [0, 0.1) is 17.0 Å². The van der Waals surface area contributed by atoms with Crippen LogP contribution < -0.4 is 4.74 Å². The van der Waals surface area contributed by atoms with Crippen LogP contribution in [0.15, 0.2) is 18.2 Å². The lowest BCUT2D eigenvalue weighted by Crippen LogP contribution is -2.17. The molecule has 0 spiro atoms. The summed E-state index contributed by atoms with van der Waals surface area (Å²) >= 11 is 0. The maximum Gasteiger partial charge on any atom is 0.311 e. The van der Waals surface area contributed by atoms with Crippen LogP contribution in [0.5, 0.6) is 5.75 Å². The Labute approximate surface area is 93.1 Å². The van der Waals surface area contributed by atoms with Crippen LogP contribution in [-0.2, 0) is 4.74 Å². The van der Waals surface area contributed by atoms with Crippen LogP contribution in [0.1, 0.15) is 12.5 Å². The number of epoxide rings is 1. The van der Waals surface area contributed by atoms with Crippen LogP contribution in [-0.4, -0.2) is 23.7 Å². The van der Waals surface area contributed by atoms with E-state index in [4.69, 9.17) is 9.47 Å². The Morgan fingerprint density at radius 3 is 2.88 bits per heavy atom. The van der Waals surface area contributed by atoms with E-state index in [2.05, 4.69) is 0 Å². The van der Waals surface area contributed by atoms with Crippen molar-refractivity contribution in [1.29, 1.82) is 0 Å². The topological polar surface area (TPSA) is 64.9 Å². The van der Waals surface area contributed by atoms with Gasteiger partial charge in [-0.1, -0.05) is 12.1 Å². The van der Waals surface area contributed by atoms with Gasteiger partial charge in [-0.05, 0) is 19.4 Å². The Bertz CT molecular complexity index is 426. The molecule has 1 aliphatic heterocycles. The molecule has 1 aromatic carbocycles. The lowest BCUT2D eigenvalue weighted by Gasteiger charge is -2.11. The first kappa shape index (κ1) is 10.9. The molecule has 1 unspecified atom stereocenters. The minimum atomic E-state index is -0.432. The van der Waals surface area contributed by atoms with Gasteiger partial charge in [0.05, 0.1) is 11.5 Å². The second-order valence-corrected chi connectivity index (χ2v) is 4.21. The van der Waals surface area contributed by atoms with Crippen molar-refractivity contribution in [3.05, 3.63) is 33.9 Å². The SMILES string of the molecule is Cc1cccc([N+](=O)[O-])c1OCC1(C)CO1. The third kappa shape index (κ3) is 2.14. The Hall–Kier alpha value is -1.62. The number of nitro groups is 1. The van der Waals surface area contributed by atoms with Crippen LogP contribution in [0.2, 0.25) is 0 Å². The number of rotatable bonds is 4. The number of ether oxygens (including phenoxy) is 2. The van der Waals surface area contributed by atoms with Crippen LogP contribution >= 0.6 is 0 Å². The van der Waals surface area contributed by atoms with Crippen molar-refractivity contribution in [3.63, 3.8) is 0 Å². The van der Waals surface area contributed by atoms with Crippen molar-refractivity contribution in [2.75, 3.05) is 13.2 Å². The van der Waals surface area contributed by atoms with Gasteiger partial charge in [0.2, 0.25) is 0 Å². The summed E-state index contributed by atoms with van der Waals surface area (Å²) in [4.78, 5) is 10.4. The molecule has 5 heteroatoms. The third-order valence-electron chi connectivity index (χ3n) is 2.55. The van der Waals surface area contributed by atoms with Gasteiger partial charge in [-0.15, -0.1) is 0 Å². The number of aryl methyl sites for hydroxylation is 1. The predicted molar refractivity (Wildman–Crippen MR) is 57.7 cm³/mol. The summed E-state index contributed by atoms with van der Waals surface area (Å²) in [6.07, 6.45) is 0. The van der Waals surface area contributed by atoms with Crippen molar-refractivity contribution >= 4 is 5.69 Å². The zero-order valence-electron chi connectivity index (χ0n) is 9.23. The molecule has 1 saturated heterocycles. The van der Waals surface area contributed by atoms with Gasteiger partial charge in [0, 0.05) is 6.07 Å². The van der Waals surface area contributed by atoms with Gasteiger partial charge in [-0.3, -0.25) is 10.1 Å². The molecule has 1 atom stereocenters. The summed E-state index contributed by atoms with van der Waals surface area (Å²) in [5.74, 6) is 0.337. The molecule has 5 nitrogen and oxygen atoms in total. The summed E-state index contributed by atoms with van der Waals surface area (Å²) in [6, 6.07) is 4.88. The maximum absolute atomic E-state index is 10.8. The molecule has 1 aromatic rings. The molecule has 0 aliphatic carbocycles. The van der Waals surface area contributed by atoms with E-state index in [0.717, 1.165) is 5.56 Å². The zero-order valence-corrected chi connectivity index (χ0v) is 9.23. The first-order chi connectivity index (χ1) is 7.52. The summed E-state index contributed by atoms with van der Waals surface area (Å²) in [5.41, 5.74) is 0.499. The molecule has 0 amide bonds. The van der Waals surface area contributed by atoms with Gasteiger partial charge in [0.15, 0.2) is 5.75 Å². The average Bonchev–Trinajstić information content (AvgIpc) is 2.95. The van der Waals surface area contributed by atoms with E-state index in [-0.39, 0.29) is 11.3 Å². The highest BCUT2D eigenvalue weighted by Crippen LogP contribution is 2.33. The average molecular weight is 223 g/mol. The standard InChI is InChI=1S/C11H13NO4/c1-8-4-3-5-9(12(13)14)10(8)15-6-11(2)7-16-11/h3-5H,6-7H2,1-2H3. The van der Waals surface area contributed by atoms with Gasteiger partial charge >= 0.3 is 5.69 Å². The monoisotopic (exact) mass is 223 g/mol. The van der Waals surface area contributed by atoms with Crippen molar-refractivity contribution in [1.82, 2.24) is 0 Å². The lowest BCUT2D eigenvalue weighted by molar-refractivity contribution is -0.386. The number of para-hydroxylation sites is 1. The molecule has 0 N–H and O–H groups in total. The highest BCUT2D eigenvalue weighted by atomic mass is 16.6. The Morgan fingerprint density at radius 1 is 1.62 bits per heavy atom. The first-order valence-corrected chi connectivity index (χ1v) is 5.03. The van der Waals surface area contributed by atoms with E-state index < -0.39 is 4.92 Å². The van der Waals surface area contributed by atoms with Gasteiger partial charge in [0.1, 0.15) is 12.2 Å². The number of nitro benzene ring substituents is 1. The molecular formula is C11H13NO4. The summed E-state index contributed by atoms with van der Waals surface area (Å²) < 4.78 is 10.7. The third-order valence-corrected chi connectivity index (χ3v) is 2.55. The second-order valence-electron chi connectivity index (χ2n) is 4.21. The molecule has 1 fully saturated rings. The Morgan fingerprint density at radius 2 is 2.31 bits per heavy atom. The summed E-state index contributed by atoms with van der Waals surface area (Å²) in [5, 5.41) is 10.8. The highest BCUT2D eigenvalue weighted by molar-refractivity contribution is 5.51. The summed E-state index contributed by atoms with van der Waals surface area (Å²) in [7, 11) is 0. The Kier molecular flexibility index (Phi) is 2.55. The van der Waals surface area contributed by atoms with Gasteiger partial charge in [-0.25, -0.2) is 0 Å². The molecule has 86 valence electrons. The van der Waals surface area contributed by atoms with Crippen molar-refractivity contribution in [2.24, 2.45) is 0 Å². The van der Waals surface area contributed by atoms with Crippen molar-refractivity contribution in [3.8, 4) is 5.75 Å². The second kappa shape index (κ2) is 3.75. The predicted octanol–water partition coefficient (Wildman–Crippen LogP) is 2.07. The smallest absolute Gasteiger partial charge is 0.311 e. The van der Waals surface area contributed by atoms with Crippen molar-refractivity contribution < 1.29 is 14.4 Å². The van der Waals surface area contributed by atoms with E-state index in [0.29, 0.717) is 19.0 Å². The number of hydrogen-bond donors (Lipinski definition) is 0. The minimum absolute atomic E-state index is 0.00394. The maximum atomic E-state index is 10.8. The highest BCUT2D eigenvalue weighted by Gasteiger charge is 2.40. The van der Waals surface area contributed by atoms with Gasteiger partial charge in [0.25, 0.3) is 0 Å². The van der Waals surface area contributed by atoms with E-state index in [1.165, 1.54) is 6.07 Å². The molecule has 2 rings (SSSR count). The molecule has 1 heterocycles. The van der Waals surface area contributed by atoms with E-state index in [1.54, 1.807) is 19.1 Å². The van der Waals surface area contributed by atoms with Gasteiger partial charge < -0.3 is 9.47 Å². The van der Waals surface area contributed by atoms with Crippen molar-refractivity contribution in [2.45, 2.75) is 19.4 Å². The molecule has 1 aliphatic rings. The molecule has 0 aromatic heterocycles. The zero-order chi connectivity index (χ0) is 11.8. The van der Waals surface area contributed by atoms with E-state index in [1.807, 2.05) is 6.92 Å². The van der Waals surface area contributed by atoms with E-state index >= 15 is 0 Å². The number of nitrogens with zero attached hydrogens (tertiary/aromatic N) is 1. The van der Waals surface area contributed by atoms with E-state index in [9.17, 15) is 10.1 Å². The van der Waals surface area contributed by atoms with Crippen LogP contribution in [0.4, 0.5) is 5.69 Å². The molecular weight excluding hydrogens is 210 g/mol.